The van der Waals surface area contributed by atoms with Gasteiger partial charge >= 0.3 is 0 Å². The van der Waals surface area contributed by atoms with E-state index >= 15 is 0 Å². The van der Waals surface area contributed by atoms with Gasteiger partial charge in [0.05, 0.1) is 0 Å². The second kappa shape index (κ2) is 6.29. The number of amides is 2. The second-order valence-electron chi connectivity index (χ2n) is 6.48. The zero-order valence-corrected chi connectivity index (χ0v) is 14.1. The molecule has 0 saturated carbocycles. The summed E-state index contributed by atoms with van der Waals surface area (Å²) in [6.45, 7) is 3.45. The van der Waals surface area contributed by atoms with Crippen molar-refractivity contribution in [2.75, 3.05) is 39.8 Å². The summed E-state index contributed by atoms with van der Waals surface area (Å²) in [7, 11) is 1.82. The van der Waals surface area contributed by atoms with Crippen LogP contribution in [0.5, 0.6) is 0 Å². The summed E-state index contributed by atoms with van der Waals surface area (Å²) in [6.07, 6.45) is 3.19. The summed E-state index contributed by atoms with van der Waals surface area (Å²) in [5.41, 5.74) is 1.44. The molecule has 2 aliphatic rings. The highest BCUT2D eigenvalue weighted by molar-refractivity contribution is 5.95. The number of aromatic nitrogens is 3. The Kier molecular flexibility index (Phi) is 3.96. The van der Waals surface area contributed by atoms with E-state index in [-0.39, 0.29) is 17.9 Å². The molecule has 2 saturated heterocycles. The summed E-state index contributed by atoms with van der Waals surface area (Å²) in [5, 5.41) is 7.59. The molecule has 0 bridgehead atoms. The first-order valence-electron chi connectivity index (χ1n) is 8.37. The fourth-order valence-electron chi connectivity index (χ4n) is 3.47. The zero-order chi connectivity index (χ0) is 17.4. The molecule has 130 valence electrons. The third-order valence-corrected chi connectivity index (χ3v) is 4.97. The summed E-state index contributed by atoms with van der Waals surface area (Å²) in [6, 6.07) is 7.15. The summed E-state index contributed by atoms with van der Waals surface area (Å²) in [4.78, 5) is 31.0. The molecule has 1 aromatic heterocycles. The van der Waals surface area contributed by atoms with Crippen molar-refractivity contribution in [3.05, 3.63) is 42.5 Å². The maximum absolute atomic E-state index is 12.9. The third-order valence-electron chi connectivity index (χ3n) is 4.97. The first-order chi connectivity index (χ1) is 12.1. The molecule has 3 heterocycles. The molecule has 0 radical (unpaired) electrons. The normalized spacial score (nSPS) is 21.3. The average Bonchev–Trinajstić information content (AvgIpc) is 3.19. The van der Waals surface area contributed by atoms with E-state index in [0.29, 0.717) is 18.7 Å². The monoisotopic (exact) mass is 340 g/mol. The molecule has 2 fully saturated rings. The van der Waals surface area contributed by atoms with Crippen LogP contribution in [0.15, 0.2) is 36.9 Å². The fourth-order valence-corrected chi connectivity index (χ4v) is 3.47. The second-order valence-corrected chi connectivity index (χ2v) is 6.48. The van der Waals surface area contributed by atoms with Crippen molar-refractivity contribution >= 4 is 11.8 Å². The largest absolute Gasteiger partial charge is 0.343 e. The topological polar surface area (TPSA) is 74.6 Å². The number of hydrogen-bond donors (Lipinski definition) is 0. The van der Waals surface area contributed by atoms with Gasteiger partial charge in [0.25, 0.3) is 5.91 Å². The van der Waals surface area contributed by atoms with E-state index in [1.807, 2.05) is 25.2 Å². The van der Waals surface area contributed by atoms with E-state index in [9.17, 15) is 9.59 Å². The first-order valence-corrected chi connectivity index (χ1v) is 8.37. The Morgan fingerprint density at radius 3 is 2.68 bits per heavy atom. The molecule has 2 aromatic rings. The Morgan fingerprint density at radius 2 is 1.88 bits per heavy atom. The summed E-state index contributed by atoms with van der Waals surface area (Å²) < 4.78 is 1.76. The highest BCUT2D eigenvalue weighted by Gasteiger charge is 2.38. The van der Waals surface area contributed by atoms with Crippen LogP contribution in [0.25, 0.3) is 5.69 Å². The van der Waals surface area contributed by atoms with Crippen LogP contribution in [0.4, 0.5) is 0 Å². The van der Waals surface area contributed by atoms with Gasteiger partial charge in [0.2, 0.25) is 5.91 Å². The molecule has 0 N–H and O–H groups in total. The van der Waals surface area contributed by atoms with Gasteiger partial charge in [-0.1, -0.05) is 6.07 Å². The fraction of sp³-hybridized carbons (Fsp3) is 0.412. The van der Waals surface area contributed by atoms with Crippen molar-refractivity contribution in [2.45, 2.75) is 6.04 Å². The van der Waals surface area contributed by atoms with Gasteiger partial charge in [0, 0.05) is 51.0 Å². The Morgan fingerprint density at radius 1 is 1.12 bits per heavy atom. The summed E-state index contributed by atoms with van der Waals surface area (Å²) in [5.74, 6) is 0.0533. The zero-order valence-electron chi connectivity index (χ0n) is 14.1. The van der Waals surface area contributed by atoms with Gasteiger partial charge in [0.15, 0.2) is 0 Å². The molecule has 1 atom stereocenters. The number of hydrogen-bond acceptors (Lipinski definition) is 5. The van der Waals surface area contributed by atoms with Crippen LogP contribution in [0, 0.1) is 0 Å². The van der Waals surface area contributed by atoms with Crippen molar-refractivity contribution in [3.63, 3.8) is 0 Å². The van der Waals surface area contributed by atoms with Crippen LogP contribution in [-0.2, 0) is 4.79 Å². The van der Waals surface area contributed by atoms with Crippen LogP contribution in [-0.4, -0.2) is 87.1 Å². The molecule has 0 aliphatic carbocycles. The van der Waals surface area contributed by atoms with Crippen LogP contribution in [0.2, 0.25) is 0 Å². The van der Waals surface area contributed by atoms with E-state index in [2.05, 4.69) is 15.1 Å². The summed E-state index contributed by atoms with van der Waals surface area (Å²) >= 11 is 0. The maximum Gasteiger partial charge on any atom is 0.254 e. The van der Waals surface area contributed by atoms with Crippen LogP contribution in [0.3, 0.4) is 0 Å². The van der Waals surface area contributed by atoms with Crippen molar-refractivity contribution in [1.82, 2.24) is 29.5 Å². The molecule has 4 rings (SSSR count). The highest BCUT2D eigenvalue weighted by atomic mass is 16.2. The van der Waals surface area contributed by atoms with E-state index in [1.165, 1.54) is 0 Å². The van der Waals surface area contributed by atoms with Crippen molar-refractivity contribution < 1.29 is 9.59 Å². The van der Waals surface area contributed by atoms with E-state index in [0.717, 1.165) is 25.3 Å². The number of rotatable bonds is 2. The SMILES string of the molecule is CN1CCN2CCN(C(=O)c3cccc(-n4cnnc4)c3)CC2C1=O. The predicted octanol–water partition coefficient (Wildman–Crippen LogP) is -0.134. The molecule has 2 amide bonds. The van der Waals surface area contributed by atoms with Gasteiger partial charge in [-0.05, 0) is 18.2 Å². The van der Waals surface area contributed by atoms with E-state index in [4.69, 9.17) is 0 Å². The number of nitrogens with zero attached hydrogens (tertiary/aromatic N) is 6. The maximum atomic E-state index is 12.9. The Labute approximate surface area is 145 Å². The van der Waals surface area contributed by atoms with Gasteiger partial charge in [-0.15, -0.1) is 10.2 Å². The van der Waals surface area contributed by atoms with Crippen LogP contribution in [0.1, 0.15) is 10.4 Å². The number of fused-ring (bicyclic) bond motifs is 1. The molecule has 8 nitrogen and oxygen atoms in total. The molecule has 25 heavy (non-hydrogen) atoms. The number of carbonyl (C=O) groups is 2. The Bertz CT molecular complexity index is 790. The lowest BCUT2D eigenvalue weighted by molar-refractivity contribution is -0.142. The lowest BCUT2D eigenvalue weighted by Gasteiger charge is -2.45. The number of carbonyl (C=O) groups excluding carboxylic acids is 2. The van der Waals surface area contributed by atoms with Crippen molar-refractivity contribution in [3.8, 4) is 5.69 Å². The van der Waals surface area contributed by atoms with Gasteiger partial charge in [0.1, 0.15) is 18.7 Å². The molecule has 8 heteroatoms. The highest BCUT2D eigenvalue weighted by Crippen LogP contribution is 2.19. The van der Waals surface area contributed by atoms with Gasteiger partial charge in [-0.3, -0.25) is 19.1 Å². The van der Waals surface area contributed by atoms with E-state index in [1.54, 1.807) is 33.1 Å². The molecule has 0 spiro atoms. The number of piperazine rings is 2. The van der Waals surface area contributed by atoms with Gasteiger partial charge in [-0.2, -0.15) is 0 Å². The first kappa shape index (κ1) is 15.8. The van der Waals surface area contributed by atoms with Gasteiger partial charge < -0.3 is 9.80 Å². The third kappa shape index (κ3) is 2.89. The van der Waals surface area contributed by atoms with Crippen LogP contribution >= 0.6 is 0 Å². The molecule has 1 unspecified atom stereocenters. The molecule has 2 aliphatic heterocycles. The lowest BCUT2D eigenvalue weighted by atomic mass is 10.1. The van der Waals surface area contributed by atoms with Crippen LogP contribution < -0.4 is 0 Å². The lowest BCUT2D eigenvalue weighted by Crippen LogP contribution is -2.64. The standard InChI is InChI=1S/C17H20N6O2/c1-20-5-6-21-7-8-22(10-15(21)17(20)25)16(24)13-3-2-4-14(9-13)23-11-18-19-12-23/h2-4,9,11-12,15H,5-8,10H2,1H3. The van der Waals surface area contributed by atoms with Crippen molar-refractivity contribution in [2.24, 2.45) is 0 Å². The Hall–Kier alpha value is -2.74. The smallest absolute Gasteiger partial charge is 0.254 e. The Balaban J connectivity index is 1.53. The number of benzene rings is 1. The van der Waals surface area contributed by atoms with E-state index < -0.39 is 0 Å². The minimum absolute atomic E-state index is 0.0457. The molecular formula is C17H20N6O2. The molecular weight excluding hydrogens is 320 g/mol. The number of likely N-dealkylation sites (N-methyl/N-ethyl adjacent to an activating group) is 1. The average molecular weight is 340 g/mol. The van der Waals surface area contributed by atoms with Gasteiger partial charge in [-0.25, -0.2) is 0 Å². The quantitative estimate of drug-likeness (QED) is 0.761. The minimum Gasteiger partial charge on any atom is -0.343 e. The molecule has 1 aromatic carbocycles. The predicted molar refractivity (Wildman–Crippen MR) is 90.3 cm³/mol. The van der Waals surface area contributed by atoms with Crippen molar-refractivity contribution in [1.29, 1.82) is 0 Å². The minimum atomic E-state index is -0.225.